The van der Waals surface area contributed by atoms with Crippen molar-refractivity contribution in [1.29, 1.82) is 0 Å². The van der Waals surface area contributed by atoms with Crippen molar-refractivity contribution in [2.24, 2.45) is 0 Å². The lowest BCUT2D eigenvalue weighted by Gasteiger charge is -2.23. The molecule has 0 saturated heterocycles. The van der Waals surface area contributed by atoms with Crippen LogP contribution in [0.2, 0.25) is 0 Å². The van der Waals surface area contributed by atoms with Gasteiger partial charge in [-0.25, -0.2) is 8.78 Å². The van der Waals surface area contributed by atoms with Gasteiger partial charge in [-0.15, -0.1) is 0 Å². The van der Waals surface area contributed by atoms with Crippen LogP contribution in [-0.2, 0) is 4.79 Å². The minimum atomic E-state index is -2.57. The van der Waals surface area contributed by atoms with Gasteiger partial charge in [-0.05, 0) is 6.42 Å². The normalized spacial score (nSPS) is 13.0. The van der Waals surface area contributed by atoms with E-state index in [9.17, 15) is 13.6 Å². The second kappa shape index (κ2) is 7.11. The predicted molar refractivity (Wildman–Crippen MR) is 52.7 cm³/mol. The molecular formula is C8H14BrF2NO2. The number of alkyl halides is 3. The van der Waals surface area contributed by atoms with Gasteiger partial charge in [-0.2, -0.15) is 0 Å². The fourth-order valence-corrected chi connectivity index (χ4v) is 1.24. The van der Waals surface area contributed by atoms with E-state index in [1.165, 1.54) is 0 Å². The molecule has 0 aromatic heterocycles. The molecule has 6 heteroatoms. The molecule has 0 spiro atoms. The summed E-state index contributed by atoms with van der Waals surface area (Å²) in [7, 11) is 0. The fraction of sp³-hybridized carbons (Fsp3) is 0.875. The Labute approximate surface area is 90.2 Å². The van der Waals surface area contributed by atoms with Crippen LogP contribution in [0.15, 0.2) is 0 Å². The van der Waals surface area contributed by atoms with Gasteiger partial charge in [0.1, 0.15) is 0 Å². The molecule has 0 aliphatic carbocycles. The zero-order valence-corrected chi connectivity index (χ0v) is 9.51. The Bertz CT molecular complexity index is 181. The van der Waals surface area contributed by atoms with Gasteiger partial charge in [0.05, 0.1) is 18.0 Å². The first-order valence-corrected chi connectivity index (χ1v) is 5.26. The molecule has 0 aliphatic rings. The van der Waals surface area contributed by atoms with Gasteiger partial charge < -0.3 is 10.0 Å². The first-order valence-electron chi connectivity index (χ1n) is 4.34. The highest BCUT2D eigenvalue weighted by Gasteiger charge is 2.22. The highest BCUT2D eigenvalue weighted by Crippen LogP contribution is 2.10. The maximum atomic E-state index is 12.0. The Hall–Kier alpha value is -0.230. The van der Waals surface area contributed by atoms with Crippen LogP contribution >= 0.6 is 15.9 Å². The molecule has 1 N–H and O–H groups in total. The van der Waals surface area contributed by atoms with Gasteiger partial charge in [-0.1, -0.05) is 22.9 Å². The van der Waals surface area contributed by atoms with Crippen molar-refractivity contribution in [3.8, 4) is 0 Å². The molecule has 3 nitrogen and oxygen atoms in total. The third-order valence-electron chi connectivity index (χ3n) is 1.67. The highest BCUT2D eigenvalue weighted by molar-refractivity contribution is 9.10. The molecule has 0 radical (unpaired) electrons. The van der Waals surface area contributed by atoms with Gasteiger partial charge in [0.15, 0.2) is 0 Å². The van der Waals surface area contributed by atoms with E-state index >= 15 is 0 Å². The number of carbonyl (C=O) groups excluding carboxylic acids is 1. The van der Waals surface area contributed by atoms with E-state index < -0.39 is 23.7 Å². The van der Waals surface area contributed by atoms with Gasteiger partial charge in [0.2, 0.25) is 5.91 Å². The average Bonchev–Trinajstić information content (AvgIpc) is 2.14. The van der Waals surface area contributed by atoms with E-state index in [4.69, 9.17) is 5.11 Å². The molecule has 14 heavy (non-hydrogen) atoms. The SMILES string of the molecule is CCC(Br)C(=O)N(CCO)CC(F)F. The first kappa shape index (κ1) is 13.8. The number of aliphatic hydroxyl groups is 1. The van der Waals surface area contributed by atoms with Crippen molar-refractivity contribution in [1.82, 2.24) is 4.90 Å². The average molecular weight is 274 g/mol. The number of hydrogen-bond acceptors (Lipinski definition) is 2. The maximum absolute atomic E-state index is 12.0. The number of nitrogens with zero attached hydrogens (tertiary/aromatic N) is 1. The number of hydrogen-bond donors (Lipinski definition) is 1. The minimum Gasteiger partial charge on any atom is -0.395 e. The molecule has 0 fully saturated rings. The third kappa shape index (κ3) is 4.85. The maximum Gasteiger partial charge on any atom is 0.255 e. The Morgan fingerprint density at radius 1 is 1.57 bits per heavy atom. The van der Waals surface area contributed by atoms with Gasteiger partial charge in [-0.3, -0.25) is 4.79 Å². The Kier molecular flexibility index (Phi) is 7.00. The van der Waals surface area contributed by atoms with Gasteiger partial charge in [0, 0.05) is 6.54 Å². The summed E-state index contributed by atoms with van der Waals surface area (Å²) in [5, 5.41) is 8.60. The number of halogens is 3. The third-order valence-corrected chi connectivity index (χ3v) is 2.71. The lowest BCUT2D eigenvalue weighted by atomic mass is 10.3. The lowest BCUT2D eigenvalue weighted by Crippen LogP contribution is -2.41. The lowest BCUT2D eigenvalue weighted by molar-refractivity contribution is -0.133. The monoisotopic (exact) mass is 273 g/mol. The number of rotatable bonds is 6. The molecule has 84 valence electrons. The van der Waals surface area contributed by atoms with E-state index in [1.807, 2.05) is 0 Å². The van der Waals surface area contributed by atoms with Crippen LogP contribution in [0.3, 0.4) is 0 Å². The van der Waals surface area contributed by atoms with E-state index in [0.29, 0.717) is 6.42 Å². The molecule has 0 aromatic rings. The smallest absolute Gasteiger partial charge is 0.255 e. The van der Waals surface area contributed by atoms with E-state index in [2.05, 4.69) is 15.9 Å². The van der Waals surface area contributed by atoms with E-state index in [0.717, 1.165) is 4.90 Å². The number of carbonyl (C=O) groups is 1. The summed E-state index contributed by atoms with van der Waals surface area (Å²) < 4.78 is 24.1. The molecule has 0 saturated carbocycles. The summed E-state index contributed by atoms with van der Waals surface area (Å²) in [5.41, 5.74) is 0. The summed E-state index contributed by atoms with van der Waals surface area (Å²) in [6.45, 7) is 0.797. The van der Waals surface area contributed by atoms with Crippen LogP contribution in [-0.4, -0.2) is 46.9 Å². The van der Waals surface area contributed by atoms with Crippen LogP contribution in [0.1, 0.15) is 13.3 Å². The zero-order valence-electron chi connectivity index (χ0n) is 7.92. The second-order valence-corrected chi connectivity index (χ2v) is 3.88. The topological polar surface area (TPSA) is 40.5 Å². The molecule has 1 atom stereocenters. The molecule has 0 bridgehead atoms. The van der Waals surface area contributed by atoms with Crippen molar-refractivity contribution in [2.75, 3.05) is 19.7 Å². The van der Waals surface area contributed by atoms with Crippen LogP contribution in [0, 0.1) is 0 Å². The number of aliphatic hydroxyl groups excluding tert-OH is 1. The molecule has 1 amide bonds. The quantitative estimate of drug-likeness (QED) is 0.740. The van der Waals surface area contributed by atoms with Gasteiger partial charge >= 0.3 is 0 Å². The molecule has 0 rings (SSSR count). The zero-order chi connectivity index (χ0) is 11.1. The van der Waals surface area contributed by atoms with Gasteiger partial charge in [0.25, 0.3) is 6.43 Å². The first-order chi connectivity index (χ1) is 6.52. The molecule has 0 aromatic carbocycles. The fourth-order valence-electron chi connectivity index (χ4n) is 0.951. The highest BCUT2D eigenvalue weighted by atomic mass is 79.9. The Morgan fingerprint density at radius 3 is 2.50 bits per heavy atom. The van der Waals surface area contributed by atoms with Crippen molar-refractivity contribution in [3.05, 3.63) is 0 Å². The predicted octanol–water partition coefficient (Wildman–Crippen LogP) is 1.25. The standard InChI is InChI=1S/C8H14BrF2NO2/c1-2-6(9)8(14)12(3-4-13)5-7(10)11/h6-7,13H,2-5H2,1H3. The van der Waals surface area contributed by atoms with E-state index in [1.54, 1.807) is 6.92 Å². The Balaban J connectivity index is 4.24. The van der Waals surface area contributed by atoms with Crippen molar-refractivity contribution in [3.63, 3.8) is 0 Å². The van der Waals surface area contributed by atoms with Crippen molar-refractivity contribution >= 4 is 21.8 Å². The van der Waals surface area contributed by atoms with E-state index in [-0.39, 0.29) is 13.2 Å². The molecule has 1 unspecified atom stereocenters. The number of amides is 1. The summed E-state index contributed by atoms with van der Waals surface area (Å²) in [6, 6.07) is 0. The minimum absolute atomic E-state index is 0.0503. The van der Waals surface area contributed by atoms with Crippen LogP contribution in [0.5, 0.6) is 0 Å². The Morgan fingerprint density at radius 2 is 2.14 bits per heavy atom. The molecular weight excluding hydrogens is 260 g/mol. The van der Waals surface area contributed by atoms with Crippen LogP contribution < -0.4 is 0 Å². The summed E-state index contributed by atoms with van der Waals surface area (Å²) in [5.74, 6) is -0.401. The summed E-state index contributed by atoms with van der Waals surface area (Å²) >= 11 is 3.09. The molecule has 0 heterocycles. The second-order valence-electron chi connectivity index (χ2n) is 2.77. The summed E-state index contributed by atoms with van der Waals surface area (Å²) in [6.07, 6.45) is -2.04. The summed E-state index contributed by atoms with van der Waals surface area (Å²) in [4.78, 5) is 11.9. The largest absolute Gasteiger partial charge is 0.395 e. The van der Waals surface area contributed by atoms with Crippen LogP contribution in [0.25, 0.3) is 0 Å². The molecule has 0 aliphatic heterocycles. The van der Waals surface area contributed by atoms with Crippen molar-refractivity contribution in [2.45, 2.75) is 24.6 Å². The van der Waals surface area contributed by atoms with Crippen LogP contribution in [0.4, 0.5) is 8.78 Å². The van der Waals surface area contributed by atoms with Crippen molar-refractivity contribution < 1.29 is 18.7 Å².